The third-order valence-electron chi connectivity index (χ3n) is 2.29. The summed E-state index contributed by atoms with van der Waals surface area (Å²) in [5, 5.41) is 2.22. The van der Waals surface area contributed by atoms with Gasteiger partial charge in [-0.2, -0.15) is 0 Å². The summed E-state index contributed by atoms with van der Waals surface area (Å²) in [6.45, 7) is 4.35. The third kappa shape index (κ3) is 2.18. The van der Waals surface area contributed by atoms with Crippen molar-refractivity contribution in [1.82, 2.24) is 9.99 Å². The fraction of sp³-hybridized carbons (Fsp3) is 0.500. The second-order valence-corrected chi connectivity index (χ2v) is 3.52. The Morgan fingerprint density at radius 1 is 1.38 bits per heavy atom. The molecule has 13 heavy (non-hydrogen) atoms. The number of rotatable bonds is 2. The highest BCUT2D eigenvalue weighted by atomic mass is 15.5. The van der Waals surface area contributed by atoms with E-state index >= 15 is 0 Å². The van der Waals surface area contributed by atoms with Crippen molar-refractivity contribution >= 4 is 5.82 Å². The van der Waals surface area contributed by atoms with Gasteiger partial charge in [0.15, 0.2) is 0 Å². The van der Waals surface area contributed by atoms with E-state index in [-0.39, 0.29) is 0 Å². The minimum atomic E-state index is 0.960. The smallest absolute Gasteiger partial charge is 0.140 e. The lowest BCUT2D eigenvalue weighted by Crippen LogP contribution is -2.26. The Morgan fingerprint density at radius 3 is 2.85 bits per heavy atom. The molecule has 0 bridgehead atoms. The molecule has 0 radical (unpaired) electrons. The van der Waals surface area contributed by atoms with Gasteiger partial charge in [-0.1, -0.05) is 0 Å². The highest BCUT2D eigenvalue weighted by Gasteiger charge is 2.10. The summed E-state index contributed by atoms with van der Waals surface area (Å²) in [6.07, 6.45) is 4.42. The zero-order chi connectivity index (χ0) is 9.10. The van der Waals surface area contributed by atoms with E-state index in [1.54, 1.807) is 0 Å². The van der Waals surface area contributed by atoms with Crippen LogP contribution in [0.3, 0.4) is 0 Å². The fourth-order valence-corrected chi connectivity index (χ4v) is 1.59. The van der Waals surface area contributed by atoms with Crippen LogP contribution in [0, 0.1) is 6.92 Å². The molecule has 0 atom stereocenters. The number of aryl methyl sites for hydroxylation is 1. The Hall–Kier alpha value is -1.09. The molecule has 2 rings (SSSR count). The molecular weight excluding hydrogens is 162 g/mol. The van der Waals surface area contributed by atoms with Crippen LogP contribution in [0.4, 0.5) is 5.82 Å². The SMILES string of the molecule is Cc1ccnc(NN2CCCC2)c1. The van der Waals surface area contributed by atoms with Crippen molar-refractivity contribution in [1.29, 1.82) is 0 Å². The first-order valence-corrected chi connectivity index (χ1v) is 4.79. The summed E-state index contributed by atoms with van der Waals surface area (Å²) in [6, 6.07) is 4.08. The summed E-state index contributed by atoms with van der Waals surface area (Å²) in [7, 11) is 0. The molecule has 0 aromatic carbocycles. The van der Waals surface area contributed by atoms with Crippen LogP contribution >= 0.6 is 0 Å². The topological polar surface area (TPSA) is 28.2 Å². The lowest BCUT2D eigenvalue weighted by Gasteiger charge is -2.16. The van der Waals surface area contributed by atoms with Gasteiger partial charge in [-0.05, 0) is 37.5 Å². The van der Waals surface area contributed by atoms with Crippen LogP contribution in [0.25, 0.3) is 0 Å². The molecule has 0 aliphatic carbocycles. The zero-order valence-corrected chi connectivity index (χ0v) is 7.95. The average Bonchev–Trinajstić information content (AvgIpc) is 2.57. The number of nitrogens with zero attached hydrogens (tertiary/aromatic N) is 2. The fourth-order valence-electron chi connectivity index (χ4n) is 1.59. The van der Waals surface area contributed by atoms with Gasteiger partial charge in [-0.3, -0.25) is 0 Å². The Morgan fingerprint density at radius 2 is 2.15 bits per heavy atom. The van der Waals surface area contributed by atoms with Gasteiger partial charge in [0, 0.05) is 19.3 Å². The lowest BCUT2D eigenvalue weighted by atomic mass is 10.3. The summed E-state index contributed by atoms with van der Waals surface area (Å²) >= 11 is 0. The first-order chi connectivity index (χ1) is 6.34. The number of nitrogens with one attached hydrogen (secondary N) is 1. The summed E-state index contributed by atoms with van der Waals surface area (Å²) in [5.41, 5.74) is 4.55. The van der Waals surface area contributed by atoms with E-state index in [1.807, 2.05) is 12.3 Å². The summed E-state index contributed by atoms with van der Waals surface area (Å²) < 4.78 is 0. The van der Waals surface area contributed by atoms with Crippen LogP contribution in [0.5, 0.6) is 0 Å². The van der Waals surface area contributed by atoms with Crippen molar-refractivity contribution in [2.75, 3.05) is 18.5 Å². The molecule has 3 heteroatoms. The van der Waals surface area contributed by atoms with Crippen molar-refractivity contribution in [3.8, 4) is 0 Å². The maximum absolute atomic E-state index is 4.25. The highest BCUT2D eigenvalue weighted by Crippen LogP contribution is 2.11. The van der Waals surface area contributed by atoms with Crippen molar-refractivity contribution in [2.24, 2.45) is 0 Å². The molecule has 70 valence electrons. The molecule has 1 saturated heterocycles. The molecule has 1 aromatic rings. The number of hydrogen-bond acceptors (Lipinski definition) is 3. The van der Waals surface area contributed by atoms with Gasteiger partial charge in [-0.15, -0.1) is 0 Å². The van der Waals surface area contributed by atoms with E-state index in [9.17, 15) is 0 Å². The van der Waals surface area contributed by atoms with Crippen molar-refractivity contribution < 1.29 is 0 Å². The molecule has 1 N–H and O–H groups in total. The number of anilines is 1. The molecule has 0 unspecified atom stereocenters. The second-order valence-electron chi connectivity index (χ2n) is 3.52. The molecule has 0 amide bonds. The largest absolute Gasteiger partial charge is 0.303 e. The lowest BCUT2D eigenvalue weighted by molar-refractivity contribution is 0.408. The van der Waals surface area contributed by atoms with Gasteiger partial charge in [0.1, 0.15) is 5.82 Å². The minimum Gasteiger partial charge on any atom is -0.303 e. The maximum atomic E-state index is 4.25. The van der Waals surface area contributed by atoms with Gasteiger partial charge in [0.05, 0.1) is 0 Å². The Kier molecular flexibility index (Phi) is 2.45. The number of aromatic nitrogens is 1. The normalized spacial score (nSPS) is 17.6. The van der Waals surface area contributed by atoms with Gasteiger partial charge in [0.2, 0.25) is 0 Å². The zero-order valence-electron chi connectivity index (χ0n) is 7.95. The maximum Gasteiger partial charge on any atom is 0.140 e. The van der Waals surface area contributed by atoms with Crippen LogP contribution < -0.4 is 5.43 Å². The summed E-state index contributed by atoms with van der Waals surface area (Å²) in [5.74, 6) is 0.960. The van der Waals surface area contributed by atoms with Crippen LogP contribution in [0.1, 0.15) is 18.4 Å². The number of hydrazine groups is 1. The van der Waals surface area contributed by atoms with E-state index in [0.717, 1.165) is 18.9 Å². The van der Waals surface area contributed by atoms with Gasteiger partial charge >= 0.3 is 0 Å². The third-order valence-corrected chi connectivity index (χ3v) is 2.29. The molecule has 3 nitrogen and oxygen atoms in total. The molecule has 1 aliphatic rings. The Bertz CT molecular complexity index is 279. The quantitative estimate of drug-likeness (QED) is 0.746. The number of hydrogen-bond donors (Lipinski definition) is 1. The van der Waals surface area contributed by atoms with E-state index in [2.05, 4.69) is 28.4 Å². The van der Waals surface area contributed by atoms with Crippen LogP contribution in [0.15, 0.2) is 18.3 Å². The molecule has 2 heterocycles. The summed E-state index contributed by atoms with van der Waals surface area (Å²) in [4.78, 5) is 4.25. The molecule has 1 aromatic heterocycles. The molecule has 1 fully saturated rings. The van der Waals surface area contributed by atoms with E-state index in [4.69, 9.17) is 0 Å². The van der Waals surface area contributed by atoms with Crippen LogP contribution in [0.2, 0.25) is 0 Å². The first kappa shape index (κ1) is 8.51. The van der Waals surface area contributed by atoms with E-state index in [0.29, 0.717) is 0 Å². The monoisotopic (exact) mass is 177 g/mol. The molecular formula is C10H15N3. The predicted octanol–water partition coefficient (Wildman–Crippen LogP) is 1.81. The van der Waals surface area contributed by atoms with Gasteiger partial charge < -0.3 is 5.43 Å². The van der Waals surface area contributed by atoms with E-state index in [1.165, 1.54) is 18.4 Å². The van der Waals surface area contributed by atoms with Crippen molar-refractivity contribution in [3.63, 3.8) is 0 Å². The number of pyridine rings is 1. The standard InChI is InChI=1S/C10H15N3/c1-9-4-5-11-10(8-9)12-13-6-2-3-7-13/h4-5,8H,2-3,6-7H2,1H3,(H,11,12). The molecule has 1 aliphatic heterocycles. The van der Waals surface area contributed by atoms with Crippen molar-refractivity contribution in [2.45, 2.75) is 19.8 Å². The van der Waals surface area contributed by atoms with E-state index < -0.39 is 0 Å². The predicted molar refractivity (Wildman–Crippen MR) is 53.4 cm³/mol. The Labute approximate surface area is 78.7 Å². The second kappa shape index (κ2) is 3.75. The van der Waals surface area contributed by atoms with Gasteiger partial charge in [-0.25, -0.2) is 9.99 Å². The average molecular weight is 177 g/mol. The molecule has 0 spiro atoms. The Balaban J connectivity index is 2.00. The minimum absolute atomic E-state index is 0.960. The highest BCUT2D eigenvalue weighted by molar-refractivity contribution is 5.35. The first-order valence-electron chi connectivity index (χ1n) is 4.79. The van der Waals surface area contributed by atoms with Crippen LogP contribution in [-0.2, 0) is 0 Å². The molecule has 0 saturated carbocycles. The van der Waals surface area contributed by atoms with Crippen molar-refractivity contribution in [3.05, 3.63) is 23.9 Å². The van der Waals surface area contributed by atoms with Crippen LogP contribution in [-0.4, -0.2) is 23.1 Å². The van der Waals surface area contributed by atoms with Gasteiger partial charge in [0.25, 0.3) is 0 Å².